The Morgan fingerprint density at radius 2 is 1.93 bits per heavy atom. The van der Waals surface area contributed by atoms with Gasteiger partial charge in [0.15, 0.2) is 0 Å². The first-order valence-corrected chi connectivity index (χ1v) is 6.72. The van der Waals surface area contributed by atoms with E-state index >= 15 is 0 Å². The summed E-state index contributed by atoms with van der Waals surface area (Å²) in [4.78, 5) is 0.165. The molecule has 1 fully saturated rings. The average molecular weight is 246 g/mol. The van der Waals surface area contributed by atoms with Crippen LogP contribution in [0.25, 0.3) is 0 Å². The van der Waals surface area contributed by atoms with Crippen LogP contribution in [0.2, 0.25) is 5.02 Å². The highest BCUT2D eigenvalue weighted by Crippen LogP contribution is 2.24. The molecule has 1 saturated carbocycles. The van der Waals surface area contributed by atoms with E-state index in [-0.39, 0.29) is 16.0 Å². The molecule has 0 unspecified atom stereocenters. The van der Waals surface area contributed by atoms with E-state index in [9.17, 15) is 8.42 Å². The minimum absolute atomic E-state index is 0.0891. The van der Waals surface area contributed by atoms with Gasteiger partial charge in [-0.2, -0.15) is 0 Å². The van der Waals surface area contributed by atoms with E-state index in [0.29, 0.717) is 0 Å². The zero-order valence-corrected chi connectivity index (χ0v) is 9.68. The molecule has 0 bridgehead atoms. The van der Waals surface area contributed by atoms with E-state index in [4.69, 9.17) is 11.6 Å². The Morgan fingerprint density at radius 3 is 2.47 bits per heavy atom. The van der Waals surface area contributed by atoms with E-state index in [1.54, 1.807) is 18.2 Å². The largest absolute Gasteiger partial charge is 0.242 e. The molecular formula is C10H12ClNO2S. The highest BCUT2D eigenvalue weighted by atomic mass is 35.5. The van der Waals surface area contributed by atoms with Crippen LogP contribution in [-0.4, -0.2) is 14.5 Å². The van der Waals surface area contributed by atoms with Gasteiger partial charge in [0.05, 0.1) is 5.02 Å². The summed E-state index contributed by atoms with van der Waals surface area (Å²) in [6.07, 6.45) is 2.93. The lowest BCUT2D eigenvalue weighted by molar-refractivity contribution is 0.383. The van der Waals surface area contributed by atoms with Crippen molar-refractivity contribution in [3.05, 3.63) is 29.3 Å². The van der Waals surface area contributed by atoms with E-state index in [1.807, 2.05) is 0 Å². The monoisotopic (exact) mass is 245 g/mol. The lowest BCUT2D eigenvalue weighted by atomic mass is 9.94. The Labute approximate surface area is 94.5 Å². The van der Waals surface area contributed by atoms with Crippen LogP contribution in [-0.2, 0) is 10.0 Å². The Bertz CT molecular complexity index is 454. The number of hydrogen-bond donors (Lipinski definition) is 1. The van der Waals surface area contributed by atoms with E-state index in [0.717, 1.165) is 19.3 Å². The minimum Gasteiger partial charge on any atom is -0.208 e. The van der Waals surface area contributed by atoms with Crippen molar-refractivity contribution in [2.45, 2.75) is 30.2 Å². The summed E-state index contributed by atoms with van der Waals surface area (Å²) in [7, 11) is -3.43. The Kier molecular flexibility index (Phi) is 3.00. The second-order valence-electron chi connectivity index (χ2n) is 3.68. The zero-order chi connectivity index (χ0) is 10.9. The molecule has 1 aliphatic carbocycles. The maximum atomic E-state index is 11.9. The third kappa shape index (κ3) is 2.33. The Hall–Kier alpha value is -0.580. The molecule has 0 radical (unpaired) electrons. The quantitative estimate of drug-likeness (QED) is 0.887. The maximum Gasteiger partial charge on any atom is 0.242 e. The van der Waals surface area contributed by atoms with Gasteiger partial charge in [0.2, 0.25) is 10.0 Å². The summed E-state index contributed by atoms with van der Waals surface area (Å²) < 4.78 is 26.4. The van der Waals surface area contributed by atoms with Gasteiger partial charge in [-0.3, -0.25) is 0 Å². The summed E-state index contributed by atoms with van der Waals surface area (Å²) in [6, 6.07) is 6.57. The van der Waals surface area contributed by atoms with Crippen molar-refractivity contribution >= 4 is 21.6 Å². The molecule has 5 heteroatoms. The molecule has 0 saturated heterocycles. The lowest BCUT2D eigenvalue weighted by Gasteiger charge is -2.26. The van der Waals surface area contributed by atoms with Crippen LogP contribution in [0.3, 0.4) is 0 Å². The zero-order valence-electron chi connectivity index (χ0n) is 8.11. The number of sulfonamides is 1. The van der Waals surface area contributed by atoms with Crippen LogP contribution in [0.1, 0.15) is 19.3 Å². The first kappa shape index (κ1) is 10.9. The fraction of sp³-hybridized carbons (Fsp3) is 0.400. The number of rotatable bonds is 3. The molecule has 1 N–H and O–H groups in total. The maximum absolute atomic E-state index is 11.9. The molecule has 0 spiro atoms. The molecule has 0 aliphatic heterocycles. The molecule has 1 aromatic carbocycles. The van der Waals surface area contributed by atoms with Crippen LogP contribution in [0.4, 0.5) is 0 Å². The van der Waals surface area contributed by atoms with Crippen molar-refractivity contribution < 1.29 is 8.42 Å². The van der Waals surface area contributed by atoms with E-state index < -0.39 is 10.0 Å². The minimum atomic E-state index is -3.43. The van der Waals surface area contributed by atoms with Crippen LogP contribution in [0.15, 0.2) is 29.2 Å². The van der Waals surface area contributed by atoms with Crippen LogP contribution >= 0.6 is 11.6 Å². The highest BCUT2D eigenvalue weighted by Gasteiger charge is 2.25. The molecule has 3 nitrogen and oxygen atoms in total. The molecule has 0 aromatic heterocycles. The van der Waals surface area contributed by atoms with Gasteiger partial charge in [-0.1, -0.05) is 30.2 Å². The van der Waals surface area contributed by atoms with E-state index in [1.165, 1.54) is 6.07 Å². The summed E-state index contributed by atoms with van der Waals surface area (Å²) >= 11 is 5.83. The number of halogens is 1. The predicted octanol–water partition coefficient (Wildman–Crippen LogP) is 2.17. The third-order valence-electron chi connectivity index (χ3n) is 2.55. The average Bonchev–Trinajstić information content (AvgIpc) is 2.12. The fourth-order valence-electron chi connectivity index (χ4n) is 1.47. The first-order chi connectivity index (χ1) is 7.09. The van der Waals surface area contributed by atoms with Crippen molar-refractivity contribution in [1.29, 1.82) is 0 Å². The normalized spacial score (nSPS) is 17.4. The first-order valence-electron chi connectivity index (χ1n) is 4.86. The standard InChI is InChI=1S/C10H12ClNO2S/c11-9-6-1-2-7-10(9)15(13,14)12-8-4-3-5-8/h1-2,6-8,12H,3-5H2. The van der Waals surface area contributed by atoms with Gasteiger partial charge in [0.25, 0.3) is 0 Å². The van der Waals surface area contributed by atoms with Gasteiger partial charge in [-0.25, -0.2) is 13.1 Å². The molecule has 1 aliphatic rings. The number of nitrogens with one attached hydrogen (secondary N) is 1. The molecule has 1 aromatic rings. The SMILES string of the molecule is O=S(=O)(NC1CCC1)c1ccccc1Cl. The number of benzene rings is 1. The number of hydrogen-bond acceptors (Lipinski definition) is 2. The second kappa shape index (κ2) is 4.12. The van der Waals surface area contributed by atoms with E-state index in [2.05, 4.69) is 4.72 Å². The molecule has 0 atom stereocenters. The molecule has 82 valence electrons. The molecule has 15 heavy (non-hydrogen) atoms. The Morgan fingerprint density at radius 1 is 1.27 bits per heavy atom. The summed E-state index contributed by atoms with van der Waals surface area (Å²) in [6.45, 7) is 0. The fourth-order valence-corrected chi connectivity index (χ4v) is 3.30. The van der Waals surface area contributed by atoms with Gasteiger partial charge in [0, 0.05) is 6.04 Å². The summed E-state index contributed by atoms with van der Waals surface area (Å²) in [5.41, 5.74) is 0. The molecule has 2 rings (SSSR count). The van der Waals surface area contributed by atoms with Crippen LogP contribution in [0, 0.1) is 0 Å². The van der Waals surface area contributed by atoms with Gasteiger partial charge in [-0.15, -0.1) is 0 Å². The second-order valence-corrected chi connectivity index (χ2v) is 5.77. The van der Waals surface area contributed by atoms with Crippen molar-refractivity contribution in [2.75, 3.05) is 0 Å². The molecule has 0 heterocycles. The molecule has 0 amide bonds. The summed E-state index contributed by atoms with van der Waals surface area (Å²) in [5.74, 6) is 0. The predicted molar refractivity (Wildman–Crippen MR) is 59.4 cm³/mol. The van der Waals surface area contributed by atoms with Gasteiger partial charge in [0.1, 0.15) is 4.90 Å². The van der Waals surface area contributed by atoms with Crippen molar-refractivity contribution in [2.24, 2.45) is 0 Å². The van der Waals surface area contributed by atoms with Crippen molar-refractivity contribution in [3.8, 4) is 0 Å². The van der Waals surface area contributed by atoms with Crippen LogP contribution < -0.4 is 4.72 Å². The Balaban J connectivity index is 2.24. The third-order valence-corrected chi connectivity index (χ3v) is 4.57. The van der Waals surface area contributed by atoms with Gasteiger partial charge < -0.3 is 0 Å². The van der Waals surface area contributed by atoms with Crippen molar-refractivity contribution in [1.82, 2.24) is 4.72 Å². The molecular weight excluding hydrogens is 234 g/mol. The topological polar surface area (TPSA) is 46.2 Å². The summed E-state index contributed by atoms with van der Waals surface area (Å²) in [5, 5.41) is 0.268. The van der Waals surface area contributed by atoms with Gasteiger partial charge in [-0.05, 0) is 25.0 Å². The highest BCUT2D eigenvalue weighted by molar-refractivity contribution is 7.89. The lowest BCUT2D eigenvalue weighted by Crippen LogP contribution is -2.39. The van der Waals surface area contributed by atoms with Crippen LogP contribution in [0.5, 0.6) is 0 Å². The van der Waals surface area contributed by atoms with Gasteiger partial charge >= 0.3 is 0 Å². The van der Waals surface area contributed by atoms with Crippen molar-refractivity contribution in [3.63, 3.8) is 0 Å². The smallest absolute Gasteiger partial charge is 0.208 e.